The van der Waals surface area contributed by atoms with Crippen molar-refractivity contribution < 1.29 is 0 Å². The van der Waals surface area contributed by atoms with Gasteiger partial charge in [0, 0.05) is 32.7 Å². The van der Waals surface area contributed by atoms with E-state index in [1.54, 1.807) is 0 Å². The van der Waals surface area contributed by atoms with E-state index in [9.17, 15) is 0 Å². The van der Waals surface area contributed by atoms with Crippen molar-refractivity contribution in [2.24, 2.45) is 5.73 Å². The van der Waals surface area contributed by atoms with Gasteiger partial charge in [0.2, 0.25) is 0 Å². The first kappa shape index (κ1) is 16.0. The zero-order chi connectivity index (χ0) is 14.7. The molecule has 1 aromatic carbocycles. The van der Waals surface area contributed by atoms with E-state index < -0.39 is 0 Å². The predicted molar refractivity (Wildman–Crippen MR) is 94.7 cm³/mol. The minimum atomic E-state index is -0.0281. The molecule has 0 radical (unpaired) electrons. The molecule has 2 aromatic rings. The van der Waals surface area contributed by atoms with Gasteiger partial charge in [-0.05, 0) is 65.8 Å². The Bertz CT molecular complexity index is 582. The third kappa shape index (κ3) is 3.83. The zero-order valence-electron chi connectivity index (χ0n) is 11.7. The summed E-state index contributed by atoms with van der Waals surface area (Å²) in [6.45, 7) is 4.34. The van der Waals surface area contributed by atoms with E-state index >= 15 is 0 Å². The molecule has 2 atom stereocenters. The number of benzene rings is 1. The Hall–Kier alpha value is -0.400. The molecule has 0 aliphatic rings. The van der Waals surface area contributed by atoms with Crippen LogP contribution in [0.5, 0.6) is 0 Å². The van der Waals surface area contributed by atoms with Gasteiger partial charge in [0.15, 0.2) is 0 Å². The summed E-state index contributed by atoms with van der Waals surface area (Å²) in [5, 5.41) is 4.62. The van der Waals surface area contributed by atoms with Crippen LogP contribution in [-0.4, -0.2) is 9.78 Å². The average Bonchev–Trinajstić information content (AvgIpc) is 2.89. The molecule has 0 fully saturated rings. The Balaban J connectivity index is 2.13. The molecule has 1 aromatic heterocycles. The van der Waals surface area contributed by atoms with Gasteiger partial charge in [-0.15, -0.1) is 0 Å². The summed E-state index contributed by atoms with van der Waals surface area (Å²) in [5.74, 6) is 0. The Labute approximate surface area is 142 Å². The van der Waals surface area contributed by atoms with Gasteiger partial charge in [-0.25, -0.2) is 0 Å². The van der Waals surface area contributed by atoms with Crippen molar-refractivity contribution in [3.8, 4) is 0 Å². The lowest BCUT2D eigenvalue weighted by atomic mass is 10.0. The van der Waals surface area contributed by atoms with Crippen molar-refractivity contribution in [2.75, 3.05) is 0 Å². The number of hydrogen-bond acceptors (Lipinski definition) is 2. The highest BCUT2D eigenvalue weighted by Gasteiger charge is 2.13. The second-order valence-corrected chi connectivity index (χ2v) is 7.10. The number of nitrogens with two attached hydrogens (primary N) is 1. The van der Waals surface area contributed by atoms with Gasteiger partial charge in [0.05, 0.1) is 5.69 Å². The van der Waals surface area contributed by atoms with Gasteiger partial charge >= 0.3 is 0 Å². The van der Waals surface area contributed by atoms with Gasteiger partial charge in [-0.3, -0.25) is 4.68 Å². The van der Waals surface area contributed by atoms with E-state index in [2.05, 4.69) is 75.7 Å². The molecule has 2 rings (SSSR count). The summed E-state index contributed by atoms with van der Waals surface area (Å²) in [4.78, 5) is 0. The zero-order valence-corrected chi connectivity index (χ0v) is 15.4. The summed E-state index contributed by atoms with van der Waals surface area (Å²) >= 11 is 5.83. The van der Waals surface area contributed by atoms with Crippen LogP contribution in [-0.2, 0) is 6.42 Å². The number of halogens is 2. The molecule has 2 unspecified atom stereocenters. The molecule has 0 spiro atoms. The molecule has 3 nitrogen and oxygen atoms in total. The minimum Gasteiger partial charge on any atom is -0.324 e. The molecule has 0 saturated heterocycles. The minimum absolute atomic E-state index is 0.0281. The Kier molecular flexibility index (Phi) is 5.63. The van der Waals surface area contributed by atoms with Gasteiger partial charge in [0.1, 0.15) is 0 Å². The van der Waals surface area contributed by atoms with Crippen molar-refractivity contribution in [3.63, 3.8) is 0 Å². The van der Waals surface area contributed by atoms with Gasteiger partial charge in [-0.2, -0.15) is 5.10 Å². The molecule has 0 saturated carbocycles. The number of rotatable bonds is 5. The predicted octanol–water partition coefficient (Wildman–Crippen LogP) is 4.46. The van der Waals surface area contributed by atoms with Crippen LogP contribution < -0.4 is 5.73 Å². The second-order valence-electron chi connectivity index (χ2n) is 5.02. The molecule has 108 valence electrons. The summed E-state index contributed by atoms with van der Waals surface area (Å²) < 4.78 is 4.28. The molecule has 0 aliphatic carbocycles. The fourth-order valence-corrected chi connectivity index (χ4v) is 3.17. The maximum absolute atomic E-state index is 6.34. The van der Waals surface area contributed by atoms with Crippen LogP contribution in [0.4, 0.5) is 0 Å². The van der Waals surface area contributed by atoms with Crippen LogP contribution >= 0.6 is 38.5 Å². The molecule has 5 heteroatoms. The summed E-state index contributed by atoms with van der Waals surface area (Å²) in [6.07, 6.45) is 3.88. The van der Waals surface area contributed by atoms with Crippen LogP contribution in [0.2, 0.25) is 0 Å². The Morgan fingerprint density at radius 1 is 1.40 bits per heavy atom. The highest BCUT2D eigenvalue weighted by Crippen LogP contribution is 2.25. The van der Waals surface area contributed by atoms with E-state index in [0.29, 0.717) is 6.04 Å². The van der Waals surface area contributed by atoms with Crippen LogP contribution in [0.3, 0.4) is 0 Å². The largest absolute Gasteiger partial charge is 0.324 e. The monoisotopic (exact) mass is 447 g/mol. The van der Waals surface area contributed by atoms with Gasteiger partial charge in [-0.1, -0.05) is 22.9 Å². The maximum atomic E-state index is 6.34. The third-order valence-electron chi connectivity index (χ3n) is 3.49. The first-order valence-corrected chi connectivity index (χ1v) is 8.63. The molecule has 20 heavy (non-hydrogen) atoms. The SMILES string of the molecule is CCC(C)n1ccc(CC(N)c2cc(Br)ccc2I)n1. The smallest absolute Gasteiger partial charge is 0.0643 e. The van der Waals surface area contributed by atoms with Crippen molar-refractivity contribution in [1.82, 2.24) is 9.78 Å². The lowest BCUT2D eigenvalue weighted by Crippen LogP contribution is -2.15. The summed E-state index contributed by atoms with van der Waals surface area (Å²) in [5.41, 5.74) is 8.55. The topological polar surface area (TPSA) is 43.8 Å². The molecule has 1 heterocycles. The standard InChI is InChI=1S/C15H19BrIN3/c1-3-10(2)20-7-6-12(19-20)9-15(18)13-8-11(16)4-5-14(13)17/h4-8,10,15H,3,9,18H2,1-2H3. The number of nitrogens with zero attached hydrogens (tertiary/aromatic N) is 2. The van der Waals surface area contributed by atoms with Crippen LogP contribution in [0.1, 0.15) is 43.6 Å². The van der Waals surface area contributed by atoms with E-state index in [1.807, 2.05) is 16.9 Å². The summed E-state index contributed by atoms with van der Waals surface area (Å²) in [7, 11) is 0. The third-order valence-corrected chi connectivity index (χ3v) is 4.97. The van der Waals surface area contributed by atoms with Gasteiger partial charge in [0.25, 0.3) is 0 Å². The number of hydrogen-bond donors (Lipinski definition) is 1. The Morgan fingerprint density at radius 3 is 2.85 bits per heavy atom. The van der Waals surface area contributed by atoms with Crippen molar-refractivity contribution in [1.29, 1.82) is 0 Å². The molecule has 2 N–H and O–H groups in total. The lowest BCUT2D eigenvalue weighted by Gasteiger charge is -2.13. The maximum Gasteiger partial charge on any atom is 0.0643 e. The lowest BCUT2D eigenvalue weighted by molar-refractivity contribution is 0.472. The van der Waals surface area contributed by atoms with Crippen LogP contribution in [0.25, 0.3) is 0 Å². The van der Waals surface area contributed by atoms with E-state index in [0.717, 1.165) is 28.6 Å². The Morgan fingerprint density at radius 2 is 2.15 bits per heavy atom. The average molecular weight is 448 g/mol. The quantitative estimate of drug-likeness (QED) is 0.687. The van der Waals surface area contributed by atoms with Crippen LogP contribution in [0, 0.1) is 3.57 Å². The normalized spacial score (nSPS) is 14.2. The fourth-order valence-electron chi connectivity index (χ4n) is 2.05. The summed E-state index contributed by atoms with van der Waals surface area (Å²) in [6, 6.07) is 8.69. The highest BCUT2D eigenvalue weighted by molar-refractivity contribution is 14.1. The van der Waals surface area contributed by atoms with E-state index in [1.165, 1.54) is 3.57 Å². The van der Waals surface area contributed by atoms with Gasteiger partial charge < -0.3 is 5.73 Å². The molecular weight excluding hydrogens is 429 g/mol. The first-order chi connectivity index (χ1) is 9.51. The van der Waals surface area contributed by atoms with Crippen molar-refractivity contribution in [3.05, 3.63) is 49.8 Å². The van der Waals surface area contributed by atoms with Crippen molar-refractivity contribution >= 4 is 38.5 Å². The highest BCUT2D eigenvalue weighted by atomic mass is 127. The van der Waals surface area contributed by atoms with Crippen molar-refractivity contribution in [2.45, 2.75) is 38.8 Å². The molecular formula is C15H19BrIN3. The van der Waals surface area contributed by atoms with E-state index in [-0.39, 0.29) is 6.04 Å². The van der Waals surface area contributed by atoms with Crippen LogP contribution in [0.15, 0.2) is 34.9 Å². The second kappa shape index (κ2) is 7.04. The number of aromatic nitrogens is 2. The van der Waals surface area contributed by atoms with E-state index in [4.69, 9.17) is 5.73 Å². The molecule has 0 amide bonds. The molecule has 0 aliphatic heterocycles. The first-order valence-electron chi connectivity index (χ1n) is 6.75. The fraction of sp³-hybridized carbons (Fsp3) is 0.400. The molecule has 0 bridgehead atoms.